The fourth-order valence-electron chi connectivity index (χ4n) is 0.767. The van der Waals surface area contributed by atoms with Gasteiger partial charge in [-0.1, -0.05) is 11.8 Å². The Morgan fingerprint density at radius 2 is 2.27 bits per heavy atom. The van der Waals surface area contributed by atoms with E-state index in [1.807, 2.05) is 0 Å². The van der Waals surface area contributed by atoms with Crippen molar-refractivity contribution in [3.8, 4) is 0 Å². The Morgan fingerprint density at radius 3 is 2.87 bits per heavy atom. The van der Waals surface area contributed by atoms with Gasteiger partial charge in [0.1, 0.15) is 6.54 Å². The summed E-state index contributed by atoms with van der Waals surface area (Å²) in [6, 6.07) is 1.50. The lowest BCUT2D eigenvalue weighted by Crippen LogP contribution is -2.12. The number of thioether (sulfide) groups is 1. The molecule has 15 heavy (non-hydrogen) atoms. The van der Waals surface area contributed by atoms with Gasteiger partial charge in [-0.3, -0.25) is 4.99 Å². The van der Waals surface area contributed by atoms with Crippen LogP contribution < -0.4 is 0 Å². The molecule has 0 aliphatic heterocycles. The molecule has 0 N–H and O–H groups in total. The monoisotopic (exact) mass is 235 g/mol. The Hall–Kier alpha value is -1.11. The molecule has 0 spiro atoms. The number of hydrogen-bond acceptors (Lipinski definition) is 4. The van der Waals surface area contributed by atoms with Crippen molar-refractivity contribution in [2.24, 2.45) is 4.99 Å². The van der Waals surface area contributed by atoms with Crippen LogP contribution in [-0.4, -0.2) is 35.2 Å². The molecule has 0 aromatic carbocycles. The Morgan fingerprint density at radius 1 is 1.53 bits per heavy atom. The van der Waals surface area contributed by atoms with E-state index in [0.717, 1.165) is 6.21 Å². The van der Waals surface area contributed by atoms with E-state index in [1.54, 1.807) is 6.26 Å². The molecule has 82 valence electrons. The van der Waals surface area contributed by atoms with Gasteiger partial charge in [0.25, 0.3) is 0 Å². The van der Waals surface area contributed by atoms with Crippen molar-refractivity contribution in [2.75, 3.05) is 12.8 Å². The first-order valence-corrected chi connectivity index (χ1v) is 5.17. The van der Waals surface area contributed by atoms with Gasteiger partial charge < -0.3 is 0 Å². The third kappa shape index (κ3) is 4.78. The summed E-state index contributed by atoms with van der Waals surface area (Å²) in [5.41, 5.74) is 0.374. The SMILES string of the molecule is CSc1nccc(C=NCC(F)(F)F)n1. The fourth-order valence-corrected chi connectivity index (χ4v) is 1.13. The summed E-state index contributed by atoms with van der Waals surface area (Å²) in [7, 11) is 0. The van der Waals surface area contributed by atoms with E-state index >= 15 is 0 Å². The lowest BCUT2D eigenvalue weighted by atomic mass is 10.4. The second-order valence-corrected chi connectivity index (χ2v) is 3.33. The predicted octanol–water partition coefficient (Wildman–Crippen LogP) is 2.18. The van der Waals surface area contributed by atoms with E-state index in [9.17, 15) is 13.2 Å². The molecule has 0 amide bonds. The summed E-state index contributed by atoms with van der Waals surface area (Å²) in [6.07, 6.45) is 0.0838. The maximum atomic E-state index is 11.8. The average Bonchev–Trinajstić information content (AvgIpc) is 2.16. The Balaban J connectivity index is 2.64. The van der Waals surface area contributed by atoms with Gasteiger partial charge in [0.05, 0.1) is 5.69 Å². The van der Waals surface area contributed by atoms with E-state index in [-0.39, 0.29) is 0 Å². The molecule has 7 heteroatoms. The highest BCUT2D eigenvalue weighted by molar-refractivity contribution is 7.98. The van der Waals surface area contributed by atoms with Crippen LogP contribution in [0.25, 0.3) is 0 Å². The van der Waals surface area contributed by atoms with Crippen LogP contribution >= 0.6 is 11.8 Å². The standard InChI is InChI=1S/C8H8F3N3S/c1-15-7-13-3-2-6(14-7)4-12-5-8(9,10)11/h2-4H,5H2,1H3. The number of alkyl halides is 3. The highest BCUT2D eigenvalue weighted by Gasteiger charge is 2.25. The molecule has 0 atom stereocenters. The maximum Gasteiger partial charge on any atom is 0.407 e. The smallest absolute Gasteiger partial charge is 0.281 e. The van der Waals surface area contributed by atoms with Gasteiger partial charge >= 0.3 is 6.18 Å². The first kappa shape index (κ1) is 12.0. The molecule has 0 saturated heterocycles. The molecule has 0 fully saturated rings. The first-order valence-electron chi connectivity index (χ1n) is 3.95. The molecule has 1 aromatic heterocycles. The van der Waals surface area contributed by atoms with E-state index < -0.39 is 12.7 Å². The fraction of sp³-hybridized carbons (Fsp3) is 0.375. The van der Waals surface area contributed by atoms with Crippen molar-refractivity contribution in [3.05, 3.63) is 18.0 Å². The molecule has 3 nitrogen and oxygen atoms in total. The number of aromatic nitrogens is 2. The molecular weight excluding hydrogens is 227 g/mol. The largest absolute Gasteiger partial charge is 0.407 e. The molecule has 0 aliphatic rings. The predicted molar refractivity (Wildman–Crippen MR) is 52.3 cm³/mol. The van der Waals surface area contributed by atoms with Gasteiger partial charge in [0.15, 0.2) is 5.16 Å². The van der Waals surface area contributed by atoms with Gasteiger partial charge in [0, 0.05) is 12.4 Å². The van der Waals surface area contributed by atoms with Crippen molar-refractivity contribution in [3.63, 3.8) is 0 Å². The van der Waals surface area contributed by atoms with Crippen LogP contribution in [0.3, 0.4) is 0 Å². The zero-order chi connectivity index (χ0) is 11.3. The molecule has 1 heterocycles. The van der Waals surface area contributed by atoms with E-state index in [2.05, 4.69) is 15.0 Å². The molecule has 0 aliphatic carbocycles. The highest BCUT2D eigenvalue weighted by Crippen LogP contribution is 2.14. The van der Waals surface area contributed by atoms with Crippen molar-refractivity contribution < 1.29 is 13.2 Å². The molecule has 1 aromatic rings. The maximum absolute atomic E-state index is 11.8. The van der Waals surface area contributed by atoms with Crippen LogP contribution in [0.4, 0.5) is 13.2 Å². The van der Waals surface area contributed by atoms with Crippen molar-refractivity contribution in [2.45, 2.75) is 11.3 Å². The third-order valence-electron chi connectivity index (χ3n) is 1.33. The van der Waals surface area contributed by atoms with Crippen LogP contribution in [0.2, 0.25) is 0 Å². The van der Waals surface area contributed by atoms with Crippen LogP contribution in [0.15, 0.2) is 22.4 Å². The van der Waals surface area contributed by atoms with Crippen LogP contribution in [0.5, 0.6) is 0 Å². The first-order chi connectivity index (χ1) is 7.01. The number of rotatable bonds is 3. The van der Waals surface area contributed by atoms with E-state index in [1.165, 1.54) is 24.0 Å². The van der Waals surface area contributed by atoms with Gasteiger partial charge in [-0.2, -0.15) is 13.2 Å². The summed E-state index contributed by atoms with van der Waals surface area (Å²) in [6.45, 7) is -1.19. The van der Waals surface area contributed by atoms with Gasteiger partial charge in [-0.15, -0.1) is 0 Å². The average molecular weight is 235 g/mol. The lowest BCUT2D eigenvalue weighted by Gasteiger charge is -2.00. The third-order valence-corrected chi connectivity index (χ3v) is 1.89. The molecule has 0 radical (unpaired) electrons. The van der Waals surface area contributed by atoms with Crippen LogP contribution in [0, 0.1) is 0 Å². The second-order valence-electron chi connectivity index (χ2n) is 2.55. The minimum Gasteiger partial charge on any atom is -0.281 e. The van der Waals surface area contributed by atoms with E-state index in [0.29, 0.717) is 10.9 Å². The lowest BCUT2D eigenvalue weighted by molar-refractivity contribution is -0.118. The Labute approximate surface area is 88.8 Å². The van der Waals surface area contributed by atoms with Crippen LogP contribution in [0.1, 0.15) is 5.69 Å². The van der Waals surface area contributed by atoms with Crippen molar-refractivity contribution in [1.29, 1.82) is 0 Å². The van der Waals surface area contributed by atoms with Gasteiger partial charge in [-0.05, 0) is 12.3 Å². The summed E-state index contributed by atoms with van der Waals surface area (Å²) in [5.74, 6) is 0. The van der Waals surface area contributed by atoms with Crippen LogP contribution in [-0.2, 0) is 0 Å². The molecule has 1 rings (SSSR count). The topological polar surface area (TPSA) is 38.1 Å². The minimum atomic E-state index is -4.27. The zero-order valence-corrected chi connectivity index (χ0v) is 8.64. The molecule has 0 saturated carbocycles. The summed E-state index contributed by atoms with van der Waals surface area (Å²) in [5, 5.41) is 0.506. The molecule has 0 bridgehead atoms. The Kier molecular flexibility index (Phi) is 4.07. The normalized spacial score (nSPS) is 12.3. The summed E-state index contributed by atoms with van der Waals surface area (Å²) < 4.78 is 35.3. The van der Waals surface area contributed by atoms with Gasteiger partial charge in [-0.25, -0.2) is 9.97 Å². The minimum absolute atomic E-state index is 0.374. The highest BCUT2D eigenvalue weighted by atomic mass is 32.2. The quantitative estimate of drug-likeness (QED) is 0.458. The summed E-state index contributed by atoms with van der Waals surface area (Å²) >= 11 is 1.32. The van der Waals surface area contributed by atoms with Crippen molar-refractivity contribution in [1.82, 2.24) is 9.97 Å². The number of hydrogen-bond donors (Lipinski definition) is 0. The molecule has 0 unspecified atom stereocenters. The zero-order valence-electron chi connectivity index (χ0n) is 7.82. The number of halogens is 3. The van der Waals surface area contributed by atoms with E-state index in [4.69, 9.17) is 0 Å². The Bertz CT molecular complexity index is 351. The summed E-state index contributed by atoms with van der Waals surface area (Å²) in [4.78, 5) is 11.1. The number of nitrogens with zero attached hydrogens (tertiary/aromatic N) is 3. The molecular formula is C8H8F3N3S. The second kappa shape index (κ2) is 5.11. The van der Waals surface area contributed by atoms with Crippen molar-refractivity contribution >= 4 is 18.0 Å². The number of aliphatic imine (C=N–C) groups is 1. The van der Waals surface area contributed by atoms with Gasteiger partial charge in [0.2, 0.25) is 0 Å².